The van der Waals surface area contributed by atoms with Gasteiger partial charge in [0.15, 0.2) is 0 Å². The van der Waals surface area contributed by atoms with Crippen molar-refractivity contribution in [1.82, 2.24) is 5.48 Å². The van der Waals surface area contributed by atoms with Gasteiger partial charge in [0, 0.05) is 13.2 Å². The zero-order chi connectivity index (χ0) is 10.2. The Morgan fingerprint density at radius 2 is 1.85 bits per heavy atom. The van der Waals surface area contributed by atoms with Crippen molar-refractivity contribution in [3.63, 3.8) is 0 Å². The van der Waals surface area contributed by atoms with Gasteiger partial charge in [-0.15, -0.1) is 0 Å². The van der Waals surface area contributed by atoms with Crippen LogP contribution in [0.25, 0.3) is 0 Å². The maximum atomic E-state index is 5.35. The van der Waals surface area contributed by atoms with E-state index in [0.29, 0.717) is 0 Å². The molecule has 0 rings (SSSR count). The summed E-state index contributed by atoms with van der Waals surface area (Å²) in [6.07, 6.45) is 2.33. The highest BCUT2D eigenvalue weighted by molar-refractivity contribution is 4.56. The monoisotopic (exact) mass is 189 g/mol. The molecule has 0 heterocycles. The largest absolute Gasteiger partial charge is 0.380 e. The van der Waals surface area contributed by atoms with Gasteiger partial charge in [-0.3, -0.25) is 4.84 Å². The molecule has 0 aliphatic heterocycles. The molecule has 0 amide bonds. The molecule has 1 N–H and O–H groups in total. The summed E-state index contributed by atoms with van der Waals surface area (Å²) in [7, 11) is 0. The maximum Gasteiger partial charge on any atom is 0.0812 e. The Labute approximate surface area is 81.8 Å². The van der Waals surface area contributed by atoms with Crippen LogP contribution in [0.4, 0.5) is 0 Å². The standard InChI is InChI=1S/C10H23NO2/c1-5-6-8-12-9-7-11-13-10(2,3)4/h11H,5-9H2,1-4H3. The summed E-state index contributed by atoms with van der Waals surface area (Å²) >= 11 is 0. The summed E-state index contributed by atoms with van der Waals surface area (Å²) in [5, 5.41) is 0. The van der Waals surface area contributed by atoms with Gasteiger partial charge in [0.05, 0.1) is 12.2 Å². The lowest BCUT2D eigenvalue weighted by Gasteiger charge is -2.19. The van der Waals surface area contributed by atoms with Crippen LogP contribution in [0.5, 0.6) is 0 Å². The number of hydroxylamine groups is 1. The summed E-state index contributed by atoms with van der Waals surface area (Å²) < 4.78 is 5.35. The van der Waals surface area contributed by atoms with Crippen molar-refractivity contribution in [2.24, 2.45) is 0 Å². The van der Waals surface area contributed by atoms with Crippen LogP contribution in [0, 0.1) is 0 Å². The normalized spacial score (nSPS) is 12.0. The number of hydrogen-bond acceptors (Lipinski definition) is 3. The second-order valence-corrected chi connectivity index (χ2v) is 4.07. The fourth-order valence-corrected chi connectivity index (χ4v) is 0.730. The third kappa shape index (κ3) is 11.9. The van der Waals surface area contributed by atoms with Crippen molar-refractivity contribution < 1.29 is 9.57 Å². The van der Waals surface area contributed by atoms with Gasteiger partial charge in [-0.1, -0.05) is 13.3 Å². The van der Waals surface area contributed by atoms with Crippen LogP contribution in [0.1, 0.15) is 40.5 Å². The first-order valence-electron chi connectivity index (χ1n) is 5.05. The lowest BCUT2D eigenvalue weighted by molar-refractivity contribution is -0.0788. The Morgan fingerprint density at radius 3 is 2.38 bits per heavy atom. The molecule has 0 aliphatic rings. The summed E-state index contributed by atoms with van der Waals surface area (Å²) in [6.45, 7) is 10.5. The minimum atomic E-state index is -0.122. The van der Waals surface area contributed by atoms with Crippen molar-refractivity contribution in [3.05, 3.63) is 0 Å². The lowest BCUT2D eigenvalue weighted by Crippen LogP contribution is -2.31. The molecule has 80 valence electrons. The van der Waals surface area contributed by atoms with E-state index in [1.165, 1.54) is 6.42 Å². The van der Waals surface area contributed by atoms with Gasteiger partial charge < -0.3 is 4.74 Å². The minimum Gasteiger partial charge on any atom is -0.380 e. The smallest absolute Gasteiger partial charge is 0.0812 e. The molecule has 0 saturated carbocycles. The Morgan fingerprint density at radius 1 is 1.15 bits per heavy atom. The van der Waals surface area contributed by atoms with E-state index >= 15 is 0 Å². The van der Waals surface area contributed by atoms with Crippen LogP contribution >= 0.6 is 0 Å². The predicted molar refractivity (Wildman–Crippen MR) is 54.6 cm³/mol. The zero-order valence-electron chi connectivity index (χ0n) is 9.35. The molecule has 0 aliphatic carbocycles. The van der Waals surface area contributed by atoms with Crippen molar-refractivity contribution >= 4 is 0 Å². The second-order valence-electron chi connectivity index (χ2n) is 4.07. The lowest BCUT2D eigenvalue weighted by atomic mass is 10.2. The molecule has 0 saturated heterocycles. The third-order valence-electron chi connectivity index (χ3n) is 1.37. The highest BCUT2D eigenvalue weighted by atomic mass is 16.7. The van der Waals surface area contributed by atoms with E-state index in [4.69, 9.17) is 9.57 Å². The first-order chi connectivity index (χ1) is 6.06. The molecule has 13 heavy (non-hydrogen) atoms. The number of ether oxygens (including phenoxy) is 1. The molecule has 0 atom stereocenters. The highest BCUT2D eigenvalue weighted by Gasteiger charge is 2.08. The molecular formula is C10H23NO2. The van der Waals surface area contributed by atoms with Gasteiger partial charge in [-0.2, -0.15) is 5.48 Å². The SMILES string of the molecule is CCCCOCCNOC(C)(C)C. The van der Waals surface area contributed by atoms with Crippen LogP contribution < -0.4 is 5.48 Å². The number of unbranched alkanes of at least 4 members (excludes halogenated alkanes) is 1. The van der Waals surface area contributed by atoms with Gasteiger partial charge in [-0.25, -0.2) is 0 Å². The van der Waals surface area contributed by atoms with E-state index in [1.54, 1.807) is 0 Å². The average molecular weight is 189 g/mol. The van der Waals surface area contributed by atoms with Crippen molar-refractivity contribution in [3.8, 4) is 0 Å². The van der Waals surface area contributed by atoms with E-state index in [9.17, 15) is 0 Å². The van der Waals surface area contributed by atoms with Crippen LogP contribution in [0.3, 0.4) is 0 Å². The molecule has 0 aromatic heterocycles. The highest BCUT2D eigenvalue weighted by Crippen LogP contribution is 2.02. The predicted octanol–water partition coefficient (Wildman–Crippen LogP) is 2.12. The summed E-state index contributed by atoms with van der Waals surface area (Å²) in [4.78, 5) is 5.31. The third-order valence-corrected chi connectivity index (χ3v) is 1.37. The Bertz CT molecular complexity index is 110. The number of nitrogens with one attached hydrogen (secondary N) is 1. The molecular weight excluding hydrogens is 166 g/mol. The molecule has 0 aromatic carbocycles. The van der Waals surface area contributed by atoms with Crippen LogP contribution in [0.15, 0.2) is 0 Å². The first kappa shape index (κ1) is 12.9. The number of rotatable bonds is 7. The summed E-state index contributed by atoms with van der Waals surface area (Å²) in [5.41, 5.74) is 2.76. The maximum absolute atomic E-state index is 5.35. The van der Waals surface area contributed by atoms with Crippen LogP contribution in [0.2, 0.25) is 0 Å². The molecule has 3 heteroatoms. The van der Waals surface area contributed by atoms with Crippen molar-refractivity contribution in [2.45, 2.75) is 46.1 Å². The second kappa shape index (κ2) is 7.30. The number of hydrogen-bond donors (Lipinski definition) is 1. The van der Waals surface area contributed by atoms with E-state index in [2.05, 4.69) is 12.4 Å². The minimum absolute atomic E-state index is 0.122. The summed E-state index contributed by atoms with van der Waals surface area (Å²) in [6, 6.07) is 0. The Kier molecular flexibility index (Phi) is 7.23. The first-order valence-corrected chi connectivity index (χ1v) is 5.05. The van der Waals surface area contributed by atoms with Crippen molar-refractivity contribution in [1.29, 1.82) is 0 Å². The fraction of sp³-hybridized carbons (Fsp3) is 1.00. The molecule has 0 unspecified atom stereocenters. The Hall–Kier alpha value is -0.120. The van der Waals surface area contributed by atoms with Gasteiger partial charge in [0.25, 0.3) is 0 Å². The van der Waals surface area contributed by atoms with Gasteiger partial charge in [-0.05, 0) is 27.2 Å². The molecule has 0 aromatic rings. The molecule has 0 radical (unpaired) electrons. The van der Waals surface area contributed by atoms with Gasteiger partial charge in [0.1, 0.15) is 0 Å². The van der Waals surface area contributed by atoms with E-state index < -0.39 is 0 Å². The quantitative estimate of drug-likeness (QED) is 0.491. The molecule has 0 spiro atoms. The van der Waals surface area contributed by atoms with Gasteiger partial charge >= 0.3 is 0 Å². The molecule has 0 bridgehead atoms. The molecule has 3 nitrogen and oxygen atoms in total. The molecule has 0 fully saturated rings. The van der Waals surface area contributed by atoms with Crippen LogP contribution in [-0.2, 0) is 9.57 Å². The van der Waals surface area contributed by atoms with Crippen LogP contribution in [-0.4, -0.2) is 25.4 Å². The van der Waals surface area contributed by atoms with E-state index in [-0.39, 0.29) is 5.60 Å². The zero-order valence-corrected chi connectivity index (χ0v) is 9.35. The van der Waals surface area contributed by atoms with E-state index in [0.717, 1.165) is 26.2 Å². The van der Waals surface area contributed by atoms with E-state index in [1.807, 2.05) is 20.8 Å². The fourth-order valence-electron chi connectivity index (χ4n) is 0.730. The average Bonchev–Trinajstić information content (AvgIpc) is 2.01. The summed E-state index contributed by atoms with van der Waals surface area (Å²) in [5.74, 6) is 0. The van der Waals surface area contributed by atoms with Gasteiger partial charge in [0.2, 0.25) is 0 Å². The Balaban J connectivity index is 3.00. The topological polar surface area (TPSA) is 30.5 Å². The van der Waals surface area contributed by atoms with Crippen molar-refractivity contribution in [2.75, 3.05) is 19.8 Å².